The Balaban J connectivity index is 2.07. The number of rotatable bonds is 9. The number of esters is 2. The summed E-state index contributed by atoms with van der Waals surface area (Å²) in [6, 6.07) is 8.15. The highest BCUT2D eigenvalue weighted by Gasteiger charge is 2.20. The molecule has 148 valence electrons. The van der Waals surface area contributed by atoms with E-state index in [-0.39, 0.29) is 17.7 Å². The van der Waals surface area contributed by atoms with Gasteiger partial charge in [-0.3, -0.25) is 10.1 Å². The first-order valence-electron chi connectivity index (χ1n) is 8.85. The normalized spacial score (nSPS) is 10.4. The topological polar surface area (TPSA) is 95.7 Å². The molecule has 0 heterocycles. The van der Waals surface area contributed by atoms with E-state index in [1.54, 1.807) is 0 Å². The number of nitrogens with zero attached hydrogens (tertiary/aromatic N) is 1. The molecule has 0 spiro atoms. The van der Waals surface area contributed by atoms with Gasteiger partial charge in [0.1, 0.15) is 5.82 Å². The molecule has 7 nitrogen and oxygen atoms in total. The summed E-state index contributed by atoms with van der Waals surface area (Å²) >= 11 is 0. The molecule has 0 radical (unpaired) electrons. The van der Waals surface area contributed by atoms with E-state index in [1.165, 1.54) is 24.3 Å². The van der Waals surface area contributed by atoms with E-state index in [1.807, 2.05) is 0 Å². The number of unbranched alkanes of at least 4 members (excludes halogenated alkanes) is 3. The molecular formula is C20H20FNO6. The molecule has 2 rings (SSSR count). The van der Waals surface area contributed by atoms with Crippen molar-refractivity contribution in [2.24, 2.45) is 0 Å². The van der Waals surface area contributed by atoms with Gasteiger partial charge in [0, 0.05) is 12.1 Å². The summed E-state index contributed by atoms with van der Waals surface area (Å²) in [5, 5.41) is 11.0. The summed E-state index contributed by atoms with van der Waals surface area (Å²) in [5.74, 6) is -2.83. The Bertz CT molecular complexity index is 868. The lowest BCUT2D eigenvalue weighted by molar-refractivity contribution is -0.385. The Kier molecular flexibility index (Phi) is 7.62. The molecule has 0 aromatic heterocycles. The Morgan fingerprint density at radius 2 is 1.75 bits per heavy atom. The maximum absolute atomic E-state index is 13.4. The molecule has 0 saturated heterocycles. The van der Waals surface area contributed by atoms with Crippen molar-refractivity contribution in [1.29, 1.82) is 0 Å². The smallest absolute Gasteiger partial charge is 0.343 e. The van der Waals surface area contributed by atoms with Gasteiger partial charge >= 0.3 is 17.6 Å². The van der Waals surface area contributed by atoms with Crippen molar-refractivity contribution in [3.05, 3.63) is 69.5 Å². The van der Waals surface area contributed by atoms with E-state index in [0.717, 1.165) is 43.9 Å². The van der Waals surface area contributed by atoms with Crippen molar-refractivity contribution in [2.75, 3.05) is 6.61 Å². The maximum atomic E-state index is 13.4. The third kappa shape index (κ3) is 5.87. The molecule has 0 aliphatic heterocycles. The summed E-state index contributed by atoms with van der Waals surface area (Å²) < 4.78 is 23.5. The van der Waals surface area contributed by atoms with Gasteiger partial charge in [-0.2, -0.15) is 0 Å². The number of benzene rings is 2. The van der Waals surface area contributed by atoms with Crippen LogP contribution in [0.4, 0.5) is 10.1 Å². The standard InChI is InChI=1S/C20H20FNO6/c1-2-3-4-5-11-27-19(23)14-7-6-8-15(12-14)20(24)28-18-13-16(21)9-10-17(18)22(25)26/h6-10,12-13H,2-5,11H2,1H3. The SMILES string of the molecule is CCCCCCOC(=O)c1cccc(C(=O)Oc2cc(F)ccc2[N+](=O)[O-])c1. The zero-order chi connectivity index (χ0) is 20.5. The van der Waals surface area contributed by atoms with E-state index >= 15 is 0 Å². The molecule has 2 aromatic carbocycles. The molecule has 0 bridgehead atoms. The number of nitro groups is 1. The highest BCUT2D eigenvalue weighted by molar-refractivity contribution is 5.96. The Hall–Kier alpha value is -3.29. The minimum Gasteiger partial charge on any atom is -0.462 e. The summed E-state index contributed by atoms with van der Waals surface area (Å²) in [6.45, 7) is 2.36. The minimum atomic E-state index is -0.953. The predicted octanol–water partition coefficient (Wildman–Crippen LogP) is 4.69. The van der Waals surface area contributed by atoms with Gasteiger partial charge in [0.15, 0.2) is 0 Å². The van der Waals surface area contributed by atoms with Crippen LogP contribution in [0.3, 0.4) is 0 Å². The van der Waals surface area contributed by atoms with Gasteiger partial charge in [-0.1, -0.05) is 32.3 Å². The number of nitro benzene ring substituents is 1. The van der Waals surface area contributed by atoms with Crippen molar-refractivity contribution in [3.63, 3.8) is 0 Å². The van der Waals surface area contributed by atoms with Crippen LogP contribution in [-0.2, 0) is 4.74 Å². The van der Waals surface area contributed by atoms with E-state index < -0.39 is 34.1 Å². The van der Waals surface area contributed by atoms with Crippen LogP contribution in [0.5, 0.6) is 5.75 Å². The largest absolute Gasteiger partial charge is 0.462 e. The second kappa shape index (κ2) is 10.1. The molecule has 0 N–H and O–H groups in total. The van der Waals surface area contributed by atoms with E-state index in [4.69, 9.17) is 9.47 Å². The van der Waals surface area contributed by atoms with Crippen LogP contribution in [0.1, 0.15) is 53.3 Å². The van der Waals surface area contributed by atoms with Crippen LogP contribution >= 0.6 is 0 Å². The average molecular weight is 389 g/mol. The van der Waals surface area contributed by atoms with Crippen LogP contribution in [0, 0.1) is 15.9 Å². The molecule has 0 atom stereocenters. The molecule has 2 aromatic rings. The highest BCUT2D eigenvalue weighted by Crippen LogP contribution is 2.28. The molecule has 0 amide bonds. The molecule has 0 saturated carbocycles. The maximum Gasteiger partial charge on any atom is 0.343 e. The van der Waals surface area contributed by atoms with Crippen molar-refractivity contribution >= 4 is 17.6 Å². The van der Waals surface area contributed by atoms with Gasteiger partial charge in [-0.05, 0) is 30.7 Å². The van der Waals surface area contributed by atoms with E-state index in [2.05, 4.69) is 6.92 Å². The zero-order valence-corrected chi connectivity index (χ0v) is 15.4. The van der Waals surface area contributed by atoms with E-state index in [9.17, 15) is 24.1 Å². The van der Waals surface area contributed by atoms with Crippen LogP contribution < -0.4 is 4.74 Å². The van der Waals surface area contributed by atoms with Gasteiger partial charge in [-0.15, -0.1) is 0 Å². The lowest BCUT2D eigenvalue weighted by Gasteiger charge is -2.07. The minimum absolute atomic E-state index is 0.0148. The van der Waals surface area contributed by atoms with Gasteiger partial charge in [0.05, 0.1) is 22.7 Å². The monoisotopic (exact) mass is 389 g/mol. The van der Waals surface area contributed by atoms with Crippen LogP contribution in [0.15, 0.2) is 42.5 Å². The predicted molar refractivity (Wildman–Crippen MR) is 98.9 cm³/mol. The fourth-order valence-electron chi connectivity index (χ4n) is 2.43. The molecule has 0 fully saturated rings. The lowest BCUT2D eigenvalue weighted by Crippen LogP contribution is -2.12. The first-order chi connectivity index (χ1) is 13.4. The quantitative estimate of drug-likeness (QED) is 0.203. The van der Waals surface area contributed by atoms with Crippen molar-refractivity contribution in [2.45, 2.75) is 32.6 Å². The zero-order valence-electron chi connectivity index (χ0n) is 15.4. The molecule has 0 unspecified atom stereocenters. The third-order valence-electron chi connectivity index (χ3n) is 3.89. The lowest BCUT2D eigenvalue weighted by atomic mass is 10.1. The number of ether oxygens (including phenoxy) is 2. The van der Waals surface area contributed by atoms with Crippen LogP contribution in [0.2, 0.25) is 0 Å². The number of hydrogen-bond donors (Lipinski definition) is 0. The first-order valence-corrected chi connectivity index (χ1v) is 8.85. The summed E-state index contributed by atoms with van der Waals surface area (Å²) in [7, 11) is 0. The number of carbonyl (C=O) groups is 2. The van der Waals surface area contributed by atoms with Crippen molar-refractivity contribution in [1.82, 2.24) is 0 Å². The fraction of sp³-hybridized carbons (Fsp3) is 0.300. The van der Waals surface area contributed by atoms with Crippen molar-refractivity contribution < 1.29 is 28.4 Å². The third-order valence-corrected chi connectivity index (χ3v) is 3.89. The van der Waals surface area contributed by atoms with E-state index in [0.29, 0.717) is 0 Å². The Morgan fingerprint density at radius 1 is 1.04 bits per heavy atom. The number of halogens is 1. The van der Waals surface area contributed by atoms with Gasteiger partial charge in [0.25, 0.3) is 0 Å². The Morgan fingerprint density at radius 3 is 2.43 bits per heavy atom. The van der Waals surface area contributed by atoms with Crippen molar-refractivity contribution in [3.8, 4) is 5.75 Å². The fourth-order valence-corrected chi connectivity index (χ4v) is 2.43. The summed E-state index contributed by atoms with van der Waals surface area (Å²) in [5.41, 5.74) is -0.407. The molecule has 8 heteroatoms. The van der Waals surface area contributed by atoms with Crippen LogP contribution in [0.25, 0.3) is 0 Å². The Labute approximate surface area is 161 Å². The second-order valence-electron chi connectivity index (χ2n) is 6.04. The average Bonchev–Trinajstić information content (AvgIpc) is 2.67. The van der Waals surface area contributed by atoms with Gasteiger partial charge in [0.2, 0.25) is 5.75 Å². The number of carbonyl (C=O) groups excluding carboxylic acids is 2. The summed E-state index contributed by atoms with van der Waals surface area (Å²) in [4.78, 5) is 34.6. The molecular weight excluding hydrogens is 369 g/mol. The number of hydrogen-bond acceptors (Lipinski definition) is 6. The molecule has 28 heavy (non-hydrogen) atoms. The van der Waals surface area contributed by atoms with Gasteiger partial charge < -0.3 is 9.47 Å². The van der Waals surface area contributed by atoms with Gasteiger partial charge in [-0.25, -0.2) is 14.0 Å². The van der Waals surface area contributed by atoms with Crippen LogP contribution in [-0.4, -0.2) is 23.5 Å². The highest BCUT2D eigenvalue weighted by atomic mass is 19.1. The molecule has 0 aliphatic rings. The second-order valence-corrected chi connectivity index (χ2v) is 6.04. The molecule has 0 aliphatic carbocycles. The first kappa shape index (κ1) is 21.0. The summed E-state index contributed by atoms with van der Waals surface area (Å²) in [6.07, 6.45) is 3.85.